The van der Waals surface area contributed by atoms with Gasteiger partial charge < -0.3 is 4.98 Å². The third-order valence-electron chi connectivity index (χ3n) is 1.80. The molecule has 0 radical (unpaired) electrons. The van der Waals surface area contributed by atoms with Gasteiger partial charge in [0, 0.05) is 22.3 Å². The second kappa shape index (κ2) is 2.75. The summed E-state index contributed by atoms with van der Waals surface area (Å²) in [5, 5.41) is 1.62. The first-order chi connectivity index (χ1) is 5.70. The molecule has 2 nitrogen and oxygen atoms in total. The minimum atomic E-state index is 0.515. The standard InChI is InChI=1S/C8H6BrClN2/c1-4-2-12-8(10)7-6(4)5(9)3-11-7/h2-3,11H,1H3. The molecular formula is C8H6BrClN2. The Morgan fingerprint density at radius 2 is 2.33 bits per heavy atom. The largest absolute Gasteiger partial charge is 0.358 e. The first-order valence-electron chi connectivity index (χ1n) is 3.48. The van der Waals surface area contributed by atoms with Crippen molar-refractivity contribution in [1.29, 1.82) is 0 Å². The van der Waals surface area contributed by atoms with Crippen molar-refractivity contribution in [1.82, 2.24) is 9.97 Å². The van der Waals surface area contributed by atoms with E-state index in [1.165, 1.54) is 0 Å². The molecule has 0 spiro atoms. The molecule has 4 heteroatoms. The van der Waals surface area contributed by atoms with Gasteiger partial charge in [0.05, 0.1) is 5.52 Å². The zero-order valence-electron chi connectivity index (χ0n) is 6.36. The number of aromatic nitrogens is 2. The van der Waals surface area contributed by atoms with E-state index >= 15 is 0 Å². The van der Waals surface area contributed by atoms with Gasteiger partial charge in [-0.2, -0.15) is 0 Å². The molecule has 0 saturated heterocycles. The maximum absolute atomic E-state index is 5.88. The number of aryl methyl sites for hydroxylation is 1. The maximum Gasteiger partial charge on any atom is 0.153 e. The summed E-state index contributed by atoms with van der Waals surface area (Å²) in [5.74, 6) is 0. The fraction of sp³-hybridized carbons (Fsp3) is 0.125. The van der Waals surface area contributed by atoms with Crippen LogP contribution in [0.25, 0.3) is 10.9 Å². The quantitative estimate of drug-likeness (QED) is 0.709. The molecule has 2 rings (SSSR count). The zero-order chi connectivity index (χ0) is 8.72. The minimum absolute atomic E-state index is 0.515. The van der Waals surface area contributed by atoms with E-state index in [9.17, 15) is 0 Å². The Kier molecular flexibility index (Phi) is 1.85. The highest BCUT2D eigenvalue weighted by atomic mass is 79.9. The average molecular weight is 246 g/mol. The molecule has 1 N–H and O–H groups in total. The maximum atomic E-state index is 5.88. The predicted octanol–water partition coefficient (Wildman–Crippen LogP) is 3.29. The van der Waals surface area contributed by atoms with Gasteiger partial charge in [0.2, 0.25) is 0 Å². The predicted molar refractivity (Wildman–Crippen MR) is 53.5 cm³/mol. The Balaban J connectivity index is 2.98. The van der Waals surface area contributed by atoms with Crippen molar-refractivity contribution in [3.8, 4) is 0 Å². The molecular weight excluding hydrogens is 239 g/mol. The Labute approximate surface area is 83.1 Å². The number of halogens is 2. The summed E-state index contributed by atoms with van der Waals surface area (Å²) in [6, 6.07) is 0. The molecule has 0 atom stereocenters. The van der Waals surface area contributed by atoms with Crippen LogP contribution in [0.15, 0.2) is 16.9 Å². The number of nitrogens with one attached hydrogen (secondary N) is 1. The third kappa shape index (κ3) is 1.04. The number of pyridine rings is 1. The average Bonchev–Trinajstić information content (AvgIpc) is 2.42. The number of hydrogen-bond acceptors (Lipinski definition) is 1. The van der Waals surface area contributed by atoms with E-state index in [4.69, 9.17) is 11.6 Å². The van der Waals surface area contributed by atoms with Crippen LogP contribution < -0.4 is 0 Å². The molecule has 2 aromatic heterocycles. The summed E-state index contributed by atoms with van der Waals surface area (Å²) in [4.78, 5) is 7.09. The van der Waals surface area contributed by atoms with Crippen LogP contribution in [0.1, 0.15) is 5.56 Å². The molecule has 0 aliphatic rings. The Bertz CT molecular complexity index is 436. The van der Waals surface area contributed by atoms with E-state index in [-0.39, 0.29) is 0 Å². The highest BCUT2D eigenvalue weighted by molar-refractivity contribution is 9.10. The fourth-order valence-corrected chi connectivity index (χ4v) is 2.05. The second-order valence-corrected chi connectivity index (χ2v) is 3.83. The van der Waals surface area contributed by atoms with Crippen molar-refractivity contribution in [3.63, 3.8) is 0 Å². The smallest absolute Gasteiger partial charge is 0.153 e. The third-order valence-corrected chi connectivity index (χ3v) is 2.72. The normalized spacial score (nSPS) is 10.9. The number of aromatic amines is 1. The molecule has 0 unspecified atom stereocenters. The number of rotatable bonds is 0. The Morgan fingerprint density at radius 3 is 3.00 bits per heavy atom. The topological polar surface area (TPSA) is 28.7 Å². The van der Waals surface area contributed by atoms with Crippen molar-refractivity contribution in [2.75, 3.05) is 0 Å². The number of hydrogen-bond donors (Lipinski definition) is 1. The van der Waals surface area contributed by atoms with Crippen LogP contribution in [0.2, 0.25) is 5.15 Å². The molecule has 2 heterocycles. The molecule has 0 aliphatic heterocycles. The summed E-state index contributed by atoms with van der Waals surface area (Å²) < 4.78 is 1.03. The summed E-state index contributed by atoms with van der Waals surface area (Å²) >= 11 is 9.31. The van der Waals surface area contributed by atoms with Gasteiger partial charge in [0.25, 0.3) is 0 Å². The highest BCUT2D eigenvalue weighted by Crippen LogP contribution is 2.29. The molecule has 0 aliphatic carbocycles. The van der Waals surface area contributed by atoms with Crippen molar-refractivity contribution in [3.05, 3.63) is 27.6 Å². The lowest BCUT2D eigenvalue weighted by Gasteiger charge is -1.97. The lowest BCUT2D eigenvalue weighted by Crippen LogP contribution is -1.81. The van der Waals surface area contributed by atoms with E-state index in [0.29, 0.717) is 5.15 Å². The van der Waals surface area contributed by atoms with E-state index in [1.807, 2.05) is 13.1 Å². The molecule has 62 valence electrons. The van der Waals surface area contributed by atoms with Crippen LogP contribution in [-0.2, 0) is 0 Å². The molecule has 0 fully saturated rings. The van der Waals surface area contributed by atoms with Crippen LogP contribution in [0.3, 0.4) is 0 Å². The van der Waals surface area contributed by atoms with Crippen LogP contribution in [0.4, 0.5) is 0 Å². The minimum Gasteiger partial charge on any atom is -0.358 e. The van der Waals surface area contributed by atoms with E-state index in [0.717, 1.165) is 20.9 Å². The fourth-order valence-electron chi connectivity index (χ4n) is 1.23. The van der Waals surface area contributed by atoms with Crippen molar-refractivity contribution in [2.24, 2.45) is 0 Å². The van der Waals surface area contributed by atoms with Gasteiger partial charge in [0.15, 0.2) is 5.15 Å². The van der Waals surface area contributed by atoms with Gasteiger partial charge in [-0.25, -0.2) is 4.98 Å². The van der Waals surface area contributed by atoms with Gasteiger partial charge in [-0.05, 0) is 28.4 Å². The summed E-state index contributed by atoms with van der Waals surface area (Å²) in [7, 11) is 0. The molecule has 0 bridgehead atoms. The van der Waals surface area contributed by atoms with Crippen molar-refractivity contribution < 1.29 is 0 Å². The van der Waals surface area contributed by atoms with Crippen molar-refractivity contribution >= 4 is 38.4 Å². The molecule has 0 saturated carbocycles. The lowest BCUT2D eigenvalue weighted by atomic mass is 10.2. The summed E-state index contributed by atoms with van der Waals surface area (Å²) in [6.07, 6.45) is 3.63. The van der Waals surface area contributed by atoms with Gasteiger partial charge >= 0.3 is 0 Å². The van der Waals surface area contributed by atoms with Crippen LogP contribution in [0, 0.1) is 6.92 Å². The molecule has 12 heavy (non-hydrogen) atoms. The molecule has 0 amide bonds. The molecule has 2 aromatic rings. The van der Waals surface area contributed by atoms with Gasteiger partial charge in [-0.1, -0.05) is 11.6 Å². The summed E-state index contributed by atoms with van der Waals surface area (Å²) in [5.41, 5.74) is 2.01. The highest BCUT2D eigenvalue weighted by Gasteiger charge is 2.07. The number of H-pyrrole nitrogens is 1. The Morgan fingerprint density at radius 1 is 1.58 bits per heavy atom. The number of nitrogens with zero attached hydrogens (tertiary/aromatic N) is 1. The first kappa shape index (κ1) is 8.08. The van der Waals surface area contributed by atoms with E-state index < -0.39 is 0 Å². The lowest BCUT2D eigenvalue weighted by molar-refractivity contribution is 1.29. The number of fused-ring (bicyclic) bond motifs is 1. The molecule has 0 aromatic carbocycles. The Hall–Kier alpha value is -0.540. The van der Waals surface area contributed by atoms with Crippen molar-refractivity contribution in [2.45, 2.75) is 6.92 Å². The first-order valence-corrected chi connectivity index (χ1v) is 4.65. The monoisotopic (exact) mass is 244 g/mol. The van der Waals surface area contributed by atoms with Gasteiger partial charge in [-0.3, -0.25) is 0 Å². The van der Waals surface area contributed by atoms with Crippen LogP contribution in [0.5, 0.6) is 0 Å². The van der Waals surface area contributed by atoms with Crippen LogP contribution >= 0.6 is 27.5 Å². The zero-order valence-corrected chi connectivity index (χ0v) is 8.70. The van der Waals surface area contributed by atoms with E-state index in [1.54, 1.807) is 6.20 Å². The summed E-state index contributed by atoms with van der Waals surface area (Å²) in [6.45, 7) is 2.00. The SMILES string of the molecule is Cc1cnc(Cl)c2[nH]cc(Br)c12. The van der Waals surface area contributed by atoms with Gasteiger partial charge in [-0.15, -0.1) is 0 Å². The van der Waals surface area contributed by atoms with Gasteiger partial charge in [0.1, 0.15) is 0 Å². The second-order valence-electron chi connectivity index (χ2n) is 2.62. The van der Waals surface area contributed by atoms with E-state index in [2.05, 4.69) is 25.9 Å². The van der Waals surface area contributed by atoms with Crippen LogP contribution in [-0.4, -0.2) is 9.97 Å².